The van der Waals surface area contributed by atoms with E-state index in [0.29, 0.717) is 0 Å². The largest absolute Gasteiger partial charge is 0.327 e. The highest BCUT2D eigenvalue weighted by Crippen LogP contribution is 2.36. The van der Waals surface area contributed by atoms with Crippen LogP contribution in [0.15, 0.2) is 36.7 Å². The van der Waals surface area contributed by atoms with E-state index in [9.17, 15) is 0 Å². The molecule has 1 aliphatic heterocycles. The summed E-state index contributed by atoms with van der Waals surface area (Å²) in [6.45, 7) is 0. The summed E-state index contributed by atoms with van der Waals surface area (Å²) in [5.41, 5.74) is 2.67. The van der Waals surface area contributed by atoms with Crippen LogP contribution in [0.4, 0.5) is 0 Å². The molecule has 0 saturated carbocycles. The minimum Gasteiger partial charge on any atom is -0.327 e. The van der Waals surface area contributed by atoms with Crippen molar-refractivity contribution in [3.8, 4) is 0 Å². The van der Waals surface area contributed by atoms with E-state index in [0.717, 1.165) is 0 Å². The lowest BCUT2D eigenvalue weighted by Gasteiger charge is -2.39. The Labute approximate surface area is 108 Å². The number of hydrogen-bond donors (Lipinski definition) is 0. The van der Waals surface area contributed by atoms with E-state index in [1.807, 2.05) is 0 Å². The van der Waals surface area contributed by atoms with Crippen molar-refractivity contribution in [3.05, 3.63) is 48.0 Å². The van der Waals surface area contributed by atoms with Crippen LogP contribution in [0.25, 0.3) is 0 Å². The molecule has 0 radical (unpaired) electrons. The predicted molar refractivity (Wildman–Crippen MR) is 72.5 cm³/mol. The Hall–Kier alpha value is -1.52. The zero-order valence-corrected chi connectivity index (χ0v) is 11.4. The van der Waals surface area contributed by atoms with Gasteiger partial charge in [0.2, 0.25) is 0 Å². The molecule has 4 nitrogen and oxygen atoms in total. The first kappa shape index (κ1) is 11.6. The third kappa shape index (κ3) is 1.46. The standard InChI is InChI=1S/C14H20N4/c1-15(2)13-11-7-5-10-18(11)14(16(3)4)12-8-6-9-17(12)13/h5-10,13-14H,1-4H3. The van der Waals surface area contributed by atoms with Gasteiger partial charge in [0.1, 0.15) is 12.3 Å². The highest BCUT2D eigenvalue weighted by Gasteiger charge is 2.32. The molecule has 1 aliphatic rings. The molecule has 0 spiro atoms. The predicted octanol–water partition coefficient (Wildman–Crippen LogP) is 1.82. The highest BCUT2D eigenvalue weighted by atomic mass is 15.4. The zero-order chi connectivity index (χ0) is 12.9. The lowest BCUT2D eigenvalue weighted by atomic mass is 10.2. The maximum atomic E-state index is 2.36. The molecule has 2 atom stereocenters. The summed E-state index contributed by atoms with van der Waals surface area (Å²) in [6, 6.07) is 8.69. The summed E-state index contributed by atoms with van der Waals surface area (Å²) >= 11 is 0. The van der Waals surface area contributed by atoms with Crippen LogP contribution < -0.4 is 0 Å². The molecule has 0 amide bonds. The summed E-state index contributed by atoms with van der Waals surface area (Å²) in [5, 5.41) is 0. The van der Waals surface area contributed by atoms with Gasteiger partial charge in [-0.1, -0.05) is 0 Å². The molecule has 0 fully saturated rings. The molecule has 96 valence electrons. The van der Waals surface area contributed by atoms with Crippen LogP contribution in [0, 0.1) is 0 Å². The average Bonchev–Trinajstić information content (AvgIpc) is 2.91. The maximum absolute atomic E-state index is 2.36. The van der Waals surface area contributed by atoms with Gasteiger partial charge < -0.3 is 9.13 Å². The molecule has 2 aromatic rings. The molecular formula is C14H20N4. The maximum Gasteiger partial charge on any atom is 0.127 e. The van der Waals surface area contributed by atoms with Crippen molar-refractivity contribution in [2.24, 2.45) is 0 Å². The van der Waals surface area contributed by atoms with Gasteiger partial charge in [-0.25, -0.2) is 0 Å². The van der Waals surface area contributed by atoms with Crippen molar-refractivity contribution in [3.63, 3.8) is 0 Å². The number of fused-ring (bicyclic) bond motifs is 2. The first-order valence-electron chi connectivity index (χ1n) is 6.27. The van der Waals surface area contributed by atoms with Gasteiger partial charge in [0.05, 0.1) is 11.4 Å². The third-order valence-electron chi connectivity index (χ3n) is 3.66. The van der Waals surface area contributed by atoms with Crippen molar-refractivity contribution in [1.82, 2.24) is 18.9 Å². The molecule has 2 aromatic heterocycles. The van der Waals surface area contributed by atoms with Gasteiger partial charge >= 0.3 is 0 Å². The summed E-state index contributed by atoms with van der Waals surface area (Å²) in [6.07, 6.45) is 4.90. The molecule has 4 heteroatoms. The van der Waals surface area contributed by atoms with E-state index in [1.54, 1.807) is 0 Å². The summed E-state index contributed by atoms with van der Waals surface area (Å²) in [5.74, 6) is 0. The number of aromatic nitrogens is 2. The number of nitrogens with zero attached hydrogens (tertiary/aromatic N) is 4. The molecule has 3 heterocycles. The minimum absolute atomic E-state index is 0.279. The van der Waals surface area contributed by atoms with Gasteiger partial charge in [-0.05, 0) is 52.5 Å². The second-order valence-electron chi connectivity index (χ2n) is 5.36. The van der Waals surface area contributed by atoms with E-state index in [1.165, 1.54) is 11.4 Å². The van der Waals surface area contributed by atoms with Gasteiger partial charge in [-0.3, -0.25) is 9.80 Å². The molecule has 0 saturated heterocycles. The van der Waals surface area contributed by atoms with E-state index in [-0.39, 0.29) is 12.3 Å². The van der Waals surface area contributed by atoms with Crippen molar-refractivity contribution < 1.29 is 0 Å². The smallest absolute Gasteiger partial charge is 0.127 e. The van der Waals surface area contributed by atoms with E-state index >= 15 is 0 Å². The van der Waals surface area contributed by atoms with Crippen molar-refractivity contribution in [2.45, 2.75) is 12.3 Å². The third-order valence-corrected chi connectivity index (χ3v) is 3.66. The Morgan fingerprint density at radius 3 is 1.50 bits per heavy atom. The fraction of sp³-hybridized carbons (Fsp3) is 0.429. The first-order chi connectivity index (χ1) is 8.61. The minimum atomic E-state index is 0.279. The normalized spacial score (nSPS) is 22.3. The quantitative estimate of drug-likeness (QED) is 0.801. The van der Waals surface area contributed by atoms with Crippen LogP contribution in [0.2, 0.25) is 0 Å². The SMILES string of the molecule is CN(C)C1c2cccn2C(N(C)C)c2cccn21. The monoisotopic (exact) mass is 244 g/mol. The van der Waals surface area contributed by atoms with E-state index in [2.05, 4.69) is 83.8 Å². The zero-order valence-electron chi connectivity index (χ0n) is 11.4. The molecule has 0 N–H and O–H groups in total. The van der Waals surface area contributed by atoms with Gasteiger partial charge in [0, 0.05) is 12.4 Å². The molecule has 0 aromatic carbocycles. The van der Waals surface area contributed by atoms with Crippen molar-refractivity contribution in [2.75, 3.05) is 28.2 Å². The number of hydrogen-bond acceptors (Lipinski definition) is 2. The molecule has 3 rings (SSSR count). The second-order valence-corrected chi connectivity index (χ2v) is 5.36. The molecular weight excluding hydrogens is 224 g/mol. The van der Waals surface area contributed by atoms with Crippen LogP contribution >= 0.6 is 0 Å². The lowest BCUT2D eigenvalue weighted by Crippen LogP contribution is -2.40. The molecule has 0 aliphatic carbocycles. The Morgan fingerprint density at radius 1 is 0.778 bits per heavy atom. The van der Waals surface area contributed by atoms with Crippen molar-refractivity contribution >= 4 is 0 Å². The summed E-state index contributed by atoms with van der Waals surface area (Å²) in [4.78, 5) is 4.50. The van der Waals surface area contributed by atoms with Gasteiger partial charge in [-0.15, -0.1) is 0 Å². The van der Waals surface area contributed by atoms with Gasteiger partial charge in [0.25, 0.3) is 0 Å². The Morgan fingerprint density at radius 2 is 1.17 bits per heavy atom. The molecule has 0 bridgehead atoms. The second kappa shape index (κ2) is 4.00. The fourth-order valence-electron chi connectivity index (χ4n) is 3.01. The number of rotatable bonds is 2. The van der Waals surface area contributed by atoms with Gasteiger partial charge in [0.15, 0.2) is 0 Å². The topological polar surface area (TPSA) is 16.3 Å². The van der Waals surface area contributed by atoms with Crippen molar-refractivity contribution in [1.29, 1.82) is 0 Å². The highest BCUT2D eigenvalue weighted by molar-refractivity contribution is 5.26. The average molecular weight is 244 g/mol. The van der Waals surface area contributed by atoms with Crippen LogP contribution in [-0.2, 0) is 0 Å². The lowest BCUT2D eigenvalue weighted by molar-refractivity contribution is 0.167. The van der Waals surface area contributed by atoms with Crippen LogP contribution in [0.5, 0.6) is 0 Å². The fourth-order valence-corrected chi connectivity index (χ4v) is 3.01. The first-order valence-corrected chi connectivity index (χ1v) is 6.27. The van der Waals surface area contributed by atoms with Gasteiger partial charge in [-0.2, -0.15) is 0 Å². The molecule has 18 heavy (non-hydrogen) atoms. The summed E-state index contributed by atoms with van der Waals surface area (Å²) in [7, 11) is 8.51. The summed E-state index contributed by atoms with van der Waals surface area (Å²) < 4.78 is 4.72. The Kier molecular flexibility index (Phi) is 2.57. The van der Waals surface area contributed by atoms with Crippen LogP contribution in [0.3, 0.4) is 0 Å². The Bertz CT molecular complexity index is 462. The Balaban J connectivity index is 2.22. The van der Waals surface area contributed by atoms with Crippen LogP contribution in [-0.4, -0.2) is 47.1 Å². The van der Waals surface area contributed by atoms with Crippen LogP contribution in [0.1, 0.15) is 23.7 Å². The van der Waals surface area contributed by atoms with E-state index < -0.39 is 0 Å². The van der Waals surface area contributed by atoms with E-state index in [4.69, 9.17) is 0 Å². The molecule has 2 unspecified atom stereocenters.